The van der Waals surface area contributed by atoms with Crippen molar-refractivity contribution in [1.82, 2.24) is 9.62 Å². The fourth-order valence-corrected chi connectivity index (χ4v) is 3.27. The molecule has 0 saturated carbocycles. The van der Waals surface area contributed by atoms with Crippen molar-refractivity contribution >= 4 is 22.0 Å². The molecule has 1 aliphatic rings. The number of nitrogens with zero attached hydrogens (tertiary/aromatic N) is 1. The highest BCUT2D eigenvalue weighted by atomic mass is 32.2. The minimum atomic E-state index is -3.42. The zero-order valence-corrected chi connectivity index (χ0v) is 13.8. The van der Waals surface area contributed by atoms with Gasteiger partial charge in [-0.25, -0.2) is 13.1 Å². The Bertz CT molecular complexity index is 650. The van der Waals surface area contributed by atoms with Gasteiger partial charge in [0.25, 0.3) is 0 Å². The zero-order valence-electron chi connectivity index (χ0n) is 13.0. The second-order valence-electron chi connectivity index (χ2n) is 5.64. The summed E-state index contributed by atoms with van der Waals surface area (Å²) in [5.41, 5.74) is 0.800. The van der Waals surface area contributed by atoms with Crippen LogP contribution in [0.2, 0.25) is 0 Å². The number of carbonyl (C=O) groups excluding carboxylic acids is 1. The Morgan fingerprint density at radius 1 is 1.32 bits per heavy atom. The van der Waals surface area contributed by atoms with E-state index in [2.05, 4.69) is 11.6 Å². The Labute approximate surface area is 132 Å². The molecule has 0 aliphatic carbocycles. The number of nitrogens with one attached hydrogen (secondary N) is 1. The molecule has 120 valence electrons. The fraction of sp³-hybridized carbons (Fsp3) is 0.438. The van der Waals surface area contributed by atoms with E-state index >= 15 is 0 Å². The Balaban J connectivity index is 2.02. The summed E-state index contributed by atoms with van der Waals surface area (Å²) in [6, 6.07) is 6.43. The summed E-state index contributed by atoms with van der Waals surface area (Å²) in [6.07, 6.45) is 5.50. The molecule has 1 fully saturated rings. The topological polar surface area (TPSA) is 66.5 Å². The van der Waals surface area contributed by atoms with Gasteiger partial charge in [-0.15, -0.1) is 0 Å². The number of piperidine rings is 1. The van der Waals surface area contributed by atoms with Crippen LogP contribution in [0.3, 0.4) is 0 Å². The van der Waals surface area contributed by atoms with Gasteiger partial charge in [-0.1, -0.05) is 19.1 Å². The van der Waals surface area contributed by atoms with E-state index < -0.39 is 10.0 Å². The molecule has 0 radical (unpaired) electrons. The number of hydrogen-bond acceptors (Lipinski definition) is 3. The van der Waals surface area contributed by atoms with Crippen LogP contribution in [0.15, 0.2) is 35.2 Å². The highest BCUT2D eigenvalue weighted by Gasteiger charge is 2.18. The van der Waals surface area contributed by atoms with E-state index in [0.29, 0.717) is 5.92 Å². The molecule has 0 spiro atoms. The number of amides is 1. The van der Waals surface area contributed by atoms with E-state index in [1.54, 1.807) is 24.3 Å². The van der Waals surface area contributed by atoms with E-state index in [0.717, 1.165) is 25.1 Å². The predicted octanol–water partition coefficient (Wildman–Crippen LogP) is 1.87. The molecular weight excluding hydrogens is 300 g/mol. The molecule has 1 saturated heterocycles. The smallest absolute Gasteiger partial charge is 0.246 e. The summed E-state index contributed by atoms with van der Waals surface area (Å²) in [6.45, 7) is 3.78. The number of hydrogen-bond donors (Lipinski definition) is 1. The van der Waals surface area contributed by atoms with E-state index in [9.17, 15) is 13.2 Å². The maximum Gasteiger partial charge on any atom is 0.246 e. The fourth-order valence-electron chi connectivity index (χ4n) is 2.54. The van der Waals surface area contributed by atoms with Crippen LogP contribution in [0, 0.1) is 5.92 Å². The number of sulfonamides is 1. The van der Waals surface area contributed by atoms with Crippen molar-refractivity contribution in [3.63, 3.8) is 0 Å². The Morgan fingerprint density at radius 3 is 2.59 bits per heavy atom. The summed E-state index contributed by atoms with van der Waals surface area (Å²) in [5, 5.41) is 0. The first-order valence-corrected chi connectivity index (χ1v) is 8.91. The quantitative estimate of drug-likeness (QED) is 0.861. The maximum absolute atomic E-state index is 12.1. The highest BCUT2D eigenvalue weighted by molar-refractivity contribution is 7.89. The van der Waals surface area contributed by atoms with Gasteiger partial charge in [-0.2, -0.15) is 0 Å². The number of benzene rings is 1. The third-order valence-corrected chi connectivity index (χ3v) is 5.28. The normalized spacial score (nSPS) is 19.5. The van der Waals surface area contributed by atoms with Crippen molar-refractivity contribution in [3.05, 3.63) is 35.9 Å². The molecular formula is C16H22N2O3S. The van der Waals surface area contributed by atoms with Crippen LogP contribution in [0.4, 0.5) is 0 Å². The average Bonchev–Trinajstić information content (AvgIpc) is 2.53. The molecule has 1 atom stereocenters. The lowest BCUT2D eigenvalue weighted by Gasteiger charge is -2.30. The highest BCUT2D eigenvalue weighted by Crippen LogP contribution is 2.16. The lowest BCUT2D eigenvalue weighted by molar-refractivity contribution is -0.127. The van der Waals surface area contributed by atoms with Gasteiger partial charge < -0.3 is 4.90 Å². The van der Waals surface area contributed by atoms with Crippen LogP contribution in [0.5, 0.6) is 0 Å². The largest absolute Gasteiger partial charge is 0.339 e. The first-order chi connectivity index (χ1) is 10.4. The molecule has 1 N–H and O–H groups in total. The number of likely N-dealkylation sites (tertiary alicyclic amines) is 1. The van der Waals surface area contributed by atoms with E-state index in [1.165, 1.54) is 25.6 Å². The third kappa shape index (κ3) is 4.18. The maximum atomic E-state index is 12.1. The Kier molecular flexibility index (Phi) is 5.37. The summed E-state index contributed by atoms with van der Waals surface area (Å²) < 4.78 is 25.5. The van der Waals surface area contributed by atoms with Crippen molar-refractivity contribution in [2.75, 3.05) is 20.1 Å². The van der Waals surface area contributed by atoms with Gasteiger partial charge in [-0.3, -0.25) is 4.79 Å². The molecule has 6 heteroatoms. The minimum Gasteiger partial charge on any atom is -0.339 e. The lowest BCUT2D eigenvalue weighted by Crippen LogP contribution is -2.38. The second kappa shape index (κ2) is 7.07. The first kappa shape index (κ1) is 16.7. The van der Waals surface area contributed by atoms with Crippen LogP contribution >= 0.6 is 0 Å². The third-order valence-electron chi connectivity index (χ3n) is 3.85. The van der Waals surface area contributed by atoms with Gasteiger partial charge in [0, 0.05) is 19.2 Å². The molecule has 1 aliphatic heterocycles. The van der Waals surface area contributed by atoms with Crippen molar-refractivity contribution in [1.29, 1.82) is 0 Å². The zero-order chi connectivity index (χ0) is 16.2. The summed E-state index contributed by atoms with van der Waals surface area (Å²) >= 11 is 0. The molecule has 0 aromatic heterocycles. The minimum absolute atomic E-state index is 0.0125. The molecule has 22 heavy (non-hydrogen) atoms. The van der Waals surface area contributed by atoms with Gasteiger partial charge >= 0.3 is 0 Å². The molecule has 2 rings (SSSR count). The van der Waals surface area contributed by atoms with Gasteiger partial charge in [-0.05, 0) is 49.6 Å². The number of carbonyl (C=O) groups is 1. The van der Waals surface area contributed by atoms with Crippen LogP contribution < -0.4 is 4.72 Å². The Hall–Kier alpha value is -1.66. The van der Waals surface area contributed by atoms with Gasteiger partial charge in [0.15, 0.2) is 0 Å². The second-order valence-corrected chi connectivity index (χ2v) is 7.53. The molecule has 1 amide bonds. The predicted molar refractivity (Wildman–Crippen MR) is 86.7 cm³/mol. The van der Waals surface area contributed by atoms with Gasteiger partial charge in [0.1, 0.15) is 0 Å². The van der Waals surface area contributed by atoms with Crippen LogP contribution in [0.25, 0.3) is 6.08 Å². The molecule has 0 bridgehead atoms. The number of rotatable bonds is 4. The van der Waals surface area contributed by atoms with Gasteiger partial charge in [0.2, 0.25) is 15.9 Å². The SMILES string of the molecule is CNS(=O)(=O)c1ccc(/C=C/C(=O)N2CCCC(C)C2)cc1. The van der Waals surface area contributed by atoms with Crippen LogP contribution in [0.1, 0.15) is 25.3 Å². The van der Waals surface area contributed by atoms with Crippen LogP contribution in [-0.4, -0.2) is 39.4 Å². The van der Waals surface area contributed by atoms with Crippen molar-refractivity contribution in [3.8, 4) is 0 Å². The molecule has 5 nitrogen and oxygen atoms in total. The van der Waals surface area contributed by atoms with Crippen molar-refractivity contribution in [2.45, 2.75) is 24.7 Å². The van der Waals surface area contributed by atoms with Gasteiger partial charge in [0.05, 0.1) is 4.90 Å². The summed E-state index contributed by atoms with van der Waals surface area (Å²) in [5.74, 6) is 0.565. The molecule has 1 heterocycles. The van der Waals surface area contributed by atoms with E-state index in [4.69, 9.17) is 0 Å². The standard InChI is InChI=1S/C16H22N2O3S/c1-13-4-3-11-18(12-13)16(19)10-7-14-5-8-15(9-6-14)22(20,21)17-2/h5-10,13,17H,3-4,11-12H2,1-2H3/b10-7+. The first-order valence-electron chi connectivity index (χ1n) is 7.43. The van der Waals surface area contributed by atoms with E-state index in [-0.39, 0.29) is 10.8 Å². The average molecular weight is 322 g/mol. The Morgan fingerprint density at radius 2 is 2.00 bits per heavy atom. The van der Waals surface area contributed by atoms with E-state index in [1.807, 2.05) is 4.90 Å². The van der Waals surface area contributed by atoms with Crippen molar-refractivity contribution in [2.24, 2.45) is 5.92 Å². The molecule has 1 unspecified atom stereocenters. The van der Waals surface area contributed by atoms with Crippen LogP contribution in [-0.2, 0) is 14.8 Å². The lowest BCUT2D eigenvalue weighted by atomic mass is 10.0. The molecule has 1 aromatic rings. The monoisotopic (exact) mass is 322 g/mol. The van der Waals surface area contributed by atoms with Crippen molar-refractivity contribution < 1.29 is 13.2 Å². The summed E-state index contributed by atoms with van der Waals surface area (Å²) in [4.78, 5) is 14.2. The molecule has 1 aromatic carbocycles. The summed E-state index contributed by atoms with van der Waals surface area (Å²) in [7, 11) is -2.04.